The minimum Gasteiger partial charge on any atom is -0.394 e. The van der Waals surface area contributed by atoms with Crippen molar-refractivity contribution in [2.75, 3.05) is 12.3 Å². The molecule has 1 aliphatic heterocycles. The number of anilines is 1. The van der Waals surface area contributed by atoms with Gasteiger partial charge < -0.3 is 25.8 Å². The second kappa shape index (κ2) is 6.29. The molecule has 136 valence electrons. The van der Waals surface area contributed by atoms with Gasteiger partial charge in [0.1, 0.15) is 30.2 Å². The second-order valence-corrected chi connectivity index (χ2v) is 6.33. The van der Waals surface area contributed by atoms with E-state index in [0.29, 0.717) is 11.2 Å². The molecule has 1 aliphatic rings. The van der Waals surface area contributed by atoms with Crippen LogP contribution >= 0.6 is 0 Å². The Morgan fingerprint density at radius 2 is 1.92 bits per heavy atom. The summed E-state index contributed by atoms with van der Waals surface area (Å²) in [6.45, 7) is -0.432. The van der Waals surface area contributed by atoms with Gasteiger partial charge in [0.05, 0.1) is 12.9 Å². The molecule has 0 amide bonds. The fourth-order valence-electron chi connectivity index (χ4n) is 3.47. The summed E-state index contributed by atoms with van der Waals surface area (Å²) in [6, 6.07) is 9.40. The molecule has 26 heavy (non-hydrogen) atoms. The first-order chi connectivity index (χ1) is 12.6. The minimum atomic E-state index is -1.40. The van der Waals surface area contributed by atoms with Crippen LogP contribution in [0.2, 0.25) is 0 Å². The minimum absolute atomic E-state index is 0.204. The molecule has 1 fully saturated rings. The first kappa shape index (κ1) is 16.9. The standard InChI is InChI=1S/C17H19N5O4/c18-15-12-16(20-8-19-15)22(9-21-12)17(6-10-4-2-1-3-5-10)14(25)13(24)11(7-23)26-17/h1-5,8-9,11,13-14,23-25H,6-7H2,(H2,18,19,20)/t11-,13-,14-,17-/m1/s1. The summed E-state index contributed by atoms with van der Waals surface area (Å²) in [7, 11) is 0. The average molecular weight is 357 g/mol. The summed E-state index contributed by atoms with van der Waals surface area (Å²) in [5.41, 5.74) is 6.08. The normalized spacial score (nSPS) is 28.7. The maximum atomic E-state index is 10.9. The van der Waals surface area contributed by atoms with Crippen LogP contribution in [-0.2, 0) is 16.9 Å². The molecule has 1 saturated heterocycles. The highest BCUT2D eigenvalue weighted by Gasteiger charge is 2.55. The van der Waals surface area contributed by atoms with E-state index in [0.717, 1.165) is 5.56 Å². The molecule has 2 aromatic heterocycles. The van der Waals surface area contributed by atoms with Crippen molar-refractivity contribution < 1.29 is 20.1 Å². The smallest absolute Gasteiger partial charge is 0.180 e. The van der Waals surface area contributed by atoms with Crippen molar-refractivity contribution in [1.29, 1.82) is 0 Å². The number of nitrogen functional groups attached to an aromatic ring is 1. The molecule has 9 nitrogen and oxygen atoms in total. The summed E-state index contributed by atoms with van der Waals surface area (Å²) >= 11 is 0. The fourth-order valence-corrected chi connectivity index (χ4v) is 3.47. The number of hydrogen-bond donors (Lipinski definition) is 4. The van der Waals surface area contributed by atoms with Crippen molar-refractivity contribution in [3.8, 4) is 0 Å². The van der Waals surface area contributed by atoms with Crippen LogP contribution in [0.3, 0.4) is 0 Å². The third kappa shape index (κ3) is 2.44. The quantitative estimate of drug-likeness (QED) is 0.486. The third-order valence-corrected chi connectivity index (χ3v) is 4.77. The lowest BCUT2D eigenvalue weighted by Gasteiger charge is -2.34. The molecule has 3 aromatic rings. The van der Waals surface area contributed by atoms with E-state index >= 15 is 0 Å². The Morgan fingerprint density at radius 1 is 1.15 bits per heavy atom. The van der Waals surface area contributed by atoms with Crippen LogP contribution in [0.1, 0.15) is 5.56 Å². The number of aliphatic hydroxyl groups is 3. The van der Waals surface area contributed by atoms with Crippen LogP contribution in [0.5, 0.6) is 0 Å². The molecular weight excluding hydrogens is 338 g/mol. The van der Waals surface area contributed by atoms with Gasteiger partial charge in [-0.2, -0.15) is 0 Å². The maximum Gasteiger partial charge on any atom is 0.180 e. The number of aromatic nitrogens is 4. The highest BCUT2D eigenvalue weighted by atomic mass is 16.6. The zero-order valence-corrected chi connectivity index (χ0v) is 13.8. The van der Waals surface area contributed by atoms with Crippen LogP contribution in [0.4, 0.5) is 5.82 Å². The lowest BCUT2D eigenvalue weighted by Crippen LogP contribution is -2.47. The maximum absolute atomic E-state index is 10.9. The van der Waals surface area contributed by atoms with Crippen LogP contribution < -0.4 is 5.73 Å². The molecule has 0 spiro atoms. The zero-order chi connectivity index (χ0) is 18.3. The predicted octanol–water partition coefficient (Wildman–Crippen LogP) is -0.583. The molecule has 3 heterocycles. The van der Waals surface area contributed by atoms with E-state index in [9.17, 15) is 15.3 Å². The number of aliphatic hydroxyl groups excluding tert-OH is 3. The Kier molecular flexibility index (Phi) is 4.08. The van der Waals surface area contributed by atoms with Gasteiger partial charge in [-0.1, -0.05) is 30.3 Å². The molecule has 0 unspecified atom stereocenters. The molecule has 0 bridgehead atoms. The van der Waals surface area contributed by atoms with Crippen molar-refractivity contribution in [2.45, 2.75) is 30.5 Å². The fraction of sp³-hybridized carbons (Fsp3) is 0.353. The van der Waals surface area contributed by atoms with Crippen molar-refractivity contribution in [3.63, 3.8) is 0 Å². The Hall–Kier alpha value is -2.59. The number of ether oxygens (including phenoxy) is 1. The van der Waals surface area contributed by atoms with E-state index in [2.05, 4.69) is 15.0 Å². The molecule has 4 rings (SSSR count). The van der Waals surface area contributed by atoms with Crippen molar-refractivity contribution >= 4 is 17.0 Å². The Balaban J connectivity index is 1.89. The first-order valence-corrected chi connectivity index (χ1v) is 8.19. The van der Waals surface area contributed by atoms with E-state index in [-0.39, 0.29) is 12.2 Å². The third-order valence-electron chi connectivity index (χ3n) is 4.77. The SMILES string of the molecule is Nc1ncnc2c1ncn2[C@]1(Cc2ccccc2)O[C@H](CO)[C@@H](O)[C@H]1O. The summed E-state index contributed by atoms with van der Waals surface area (Å²) in [5, 5.41) is 30.8. The molecule has 0 saturated carbocycles. The second-order valence-electron chi connectivity index (χ2n) is 6.33. The summed E-state index contributed by atoms with van der Waals surface area (Å²) in [6.07, 6.45) is -0.529. The van der Waals surface area contributed by atoms with E-state index in [1.54, 1.807) is 4.57 Å². The van der Waals surface area contributed by atoms with Gasteiger partial charge in [-0.15, -0.1) is 0 Å². The Morgan fingerprint density at radius 3 is 2.62 bits per heavy atom. The van der Waals surface area contributed by atoms with E-state index < -0.39 is 30.6 Å². The van der Waals surface area contributed by atoms with Crippen molar-refractivity contribution in [1.82, 2.24) is 19.5 Å². The number of nitrogens with two attached hydrogens (primary N) is 1. The monoisotopic (exact) mass is 357 g/mol. The van der Waals surface area contributed by atoms with Gasteiger partial charge in [-0.25, -0.2) is 15.0 Å². The van der Waals surface area contributed by atoms with Crippen LogP contribution in [0.15, 0.2) is 43.0 Å². The summed E-state index contributed by atoms with van der Waals surface area (Å²) < 4.78 is 7.54. The van der Waals surface area contributed by atoms with Crippen molar-refractivity contribution in [2.24, 2.45) is 0 Å². The molecule has 0 radical (unpaired) electrons. The average Bonchev–Trinajstić information content (AvgIpc) is 3.19. The van der Waals surface area contributed by atoms with Gasteiger partial charge in [0, 0.05) is 6.42 Å². The Bertz CT molecular complexity index is 918. The van der Waals surface area contributed by atoms with E-state index in [1.807, 2.05) is 30.3 Å². The number of benzene rings is 1. The zero-order valence-electron chi connectivity index (χ0n) is 13.8. The van der Waals surface area contributed by atoms with Gasteiger partial charge in [0.15, 0.2) is 17.2 Å². The van der Waals surface area contributed by atoms with Gasteiger partial charge in [0.2, 0.25) is 0 Å². The topological polar surface area (TPSA) is 140 Å². The summed E-state index contributed by atoms with van der Waals surface area (Å²) in [4.78, 5) is 12.4. The van der Waals surface area contributed by atoms with Gasteiger partial charge in [0.25, 0.3) is 0 Å². The van der Waals surface area contributed by atoms with Crippen LogP contribution in [0.25, 0.3) is 11.2 Å². The van der Waals surface area contributed by atoms with Gasteiger partial charge in [-0.3, -0.25) is 4.57 Å². The molecule has 1 aromatic carbocycles. The van der Waals surface area contributed by atoms with E-state index in [4.69, 9.17) is 10.5 Å². The van der Waals surface area contributed by atoms with Crippen LogP contribution in [0, 0.1) is 0 Å². The van der Waals surface area contributed by atoms with E-state index in [1.165, 1.54) is 12.7 Å². The lowest BCUT2D eigenvalue weighted by atomic mass is 9.95. The van der Waals surface area contributed by atoms with Gasteiger partial charge in [-0.05, 0) is 5.56 Å². The Labute approximate surface area is 148 Å². The highest BCUT2D eigenvalue weighted by Crippen LogP contribution is 2.40. The predicted molar refractivity (Wildman–Crippen MR) is 91.8 cm³/mol. The molecule has 4 atom stereocenters. The number of nitrogens with zero attached hydrogens (tertiary/aromatic N) is 4. The number of imidazole rings is 1. The lowest BCUT2D eigenvalue weighted by molar-refractivity contribution is -0.145. The number of fused-ring (bicyclic) bond motifs is 1. The first-order valence-electron chi connectivity index (χ1n) is 8.19. The largest absolute Gasteiger partial charge is 0.394 e. The van der Waals surface area contributed by atoms with Crippen molar-refractivity contribution in [3.05, 3.63) is 48.5 Å². The molecule has 9 heteroatoms. The highest BCUT2D eigenvalue weighted by molar-refractivity contribution is 5.81. The molecule has 0 aliphatic carbocycles. The molecule has 5 N–H and O–H groups in total. The number of hydrogen-bond acceptors (Lipinski definition) is 8. The summed E-state index contributed by atoms with van der Waals surface area (Å²) in [5.74, 6) is 0.204. The number of rotatable bonds is 4. The van der Waals surface area contributed by atoms with Crippen LogP contribution in [-0.4, -0.2) is 59.8 Å². The molecular formula is C17H19N5O4. The van der Waals surface area contributed by atoms with Gasteiger partial charge >= 0.3 is 0 Å².